The lowest BCUT2D eigenvalue weighted by Crippen LogP contribution is -3.00. The van der Waals surface area contributed by atoms with Gasteiger partial charge in [-0.15, -0.1) is 0 Å². The highest BCUT2D eigenvalue weighted by Crippen LogP contribution is 2.23. The van der Waals surface area contributed by atoms with Crippen molar-refractivity contribution in [1.82, 2.24) is 4.98 Å². The van der Waals surface area contributed by atoms with Gasteiger partial charge in [-0.1, -0.05) is 18.2 Å². The quantitative estimate of drug-likeness (QED) is 0.435. The average molecular weight is 414 g/mol. The Morgan fingerprint density at radius 3 is 2.86 bits per heavy atom. The summed E-state index contributed by atoms with van der Waals surface area (Å²) in [5.41, 5.74) is 1.60. The Balaban J connectivity index is 0.00000176. The van der Waals surface area contributed by atoms with Gasteiger partial charge in [0.15, 0.2) is 0 Å². The van der Waals surface area contributed by atoms with E-state index in [1.807, 2.05) is 24.3 Å². The number of aromatic nitrogens is 1. The Morgan fingerprint density at radius 2 is 2.09 bits per heavy atom. The number of quaternary nitrogens is 1. The number of nitrogens with one attached hydrogen (secondary N) is 1. The summed E-state index contributed by atoms with van der Waals surface area (Å²) >= 11 is 0. The lowest BCUT2D eigenvalue weighted by atomic mass is 10.0. The molecule has 0 spiro atoms. The van der Waals surface area contributed by atoms with Gasteiger partial charge in [0.1, 0.15) is 12.6 Å². The zero-order valence-electron chi connectivity index (χ0n) is 13.1. The number of benzene rings is 1. The molecule has 120 valence electrons. The molecule has 0 radical (unpaired) electrons. The molecular formula is C17H23IN2O2. The Kier molecular flexibility index (Phi) is 5.50. The van der Waals surface area contributed by atoms with Crippen LogP contribution in [0.2, 0.25) is 0 Å². The third-order valence-electron chi connectivity index (χ3n) is 4.73. The molecule has 1 atom stereocenters. The second-order valence-electron chi connectivity index (χ2n) is 6.50. The maximum absolute atomic E-state index is 12.3. The number of likely N-dealkylation sites (tertiary alicyclic amines) is 1. The molecule has 1 N–H and O–H groups in total. The van der Waals surface area contributed by atoms with Crippen LogP contribution in [0.4, 0.5) is 0 Å². The minimum absolute atomic E-state index is 0. The normalized spacial score (nSPS) is 20.4. The largest absolute Gasteiger partial charge is 1.00 e. The van der Waals surface area contributed by atoms with Crippen LogP contribution >= 0.6 is 0 Å². The number of piperidine rings is 1. The number of fused-ring (bicyclic) bond motifs is 1. The average Bonchev–Trinajstić information content (AvgIpc) is 2.89. The first-order valence-electron chi connectivity index (χ1n) is 7.64. The summed E-state index contributed by atoms with van der Waals surface area (Å²) in [6, 6.07) is 8.22. The Bertz CT molecular complexity index is 651. The standard InChI is InChI=1S/C17H22N2O2.HI/c1-19(2)10-6-5-7-13(19)12-21-17(20)15-11-18-16-9-4-3-8-14(15)16;/h3-4,8-9,11,13H,5-7,10,12H2,1-2H3;1H. The Morgan fingerprint density at radius 1 is 1.32 bits per heavy atom. The van der Waals surface area contributed by atoms with Crippen molar-refractivity contribution in [1.29, 1.82) is 0 Å². The number of hydrogen-bond donors (Lipinski definition) is 1. The van der Waals surface area contributed by atoms with Crippen LogP contribution in [0.15, 0.2) is 30.5 Å². The van der Waals surface area contributed by atoms with E-state index in [0.29, 0.717) is 18.2 Å². The van der Waals surface area contributed by atoms with Gasteiger partial charge in [0.05, 0.1) is 26.2 Å². The molecule has 1 fully saturated rings. The molecule has 1 aromatic heterocycles. The molecule has 22 heavy (non-hydrogen) atoms. The van der Waals surface area contributed by atoms with E-state index in [4.69, 9.17) is 4.74 Å². The van der Waals surface area contributed by atoms with Crippen molar-refractivity contribution in [2.24, 2.45) is 0 Å². The number of carbonyl (C=O) groups is 1. The monoisotopic (exact) mass is 414 g/mol. The van der Waals surface area contributed by atoms with E-state index in [2.05, 4.69) is 19.1 Å². The van der Waals surface area contributed by atoms with E-state index >= 15 is 0 Å². The number of halogens is 1. The number of ether oxygens (including phenoxy) is 1. The summed E-state index contributed by atoms with van der Waals surface area (Å²) in [6.07, 6.45) is 5.37. The van der Waals surface area contributed by atoms with Gasteiger partial charge in [0.25, 0.3) is 0 Å². The van der Waals surface area contributed by atoms with Crippen LogP contribution < -0.4 is 24.0 Å². The molecule has 0 bridgehead atoms. The van der Waals surface area contributed by atoms with E-state index in [0.717, 1.165) is 28.4 Å². The molecule has 1 aliphatic heterocycles. The van der Waals surface area contributed by atoms with Crippen LogP contribution in [0.25, 0.3) is 10.9 Å². The molecule has 0 saturated carbocycles. The van der Waals surface area contributed by atoms with Crippen LogP contribution in [0, 0.1) is 0 Å². The second-order valence-corrected chi connectivity index (χ2v) is 6.50. The first-order valence-corrected chi connectivity index (χ1v) is 7.64. The van der Waals surface area contributed by atoms with Crippen LogP contribution in [-0.2, 0) is 4.74 Å². The van der Waals surface area contributed by atoms with Crippen LogP contribution in [-0.4, -0.2) is 48.7 Å². The van der Waals surface area contributed by atoms with Crippen molar-refractivity contribution in [2.45, 2.75) is 25.3 Å². The predicted molar refractivity (Wildman–Crippen MR) is 83.2 cm³/mol. The van der Waals surface area contributed by atoms with E-state index in [9.17, 15) is 4.79 Å². The summed E-state index contributed by atoms with van der Waals surface area (Å²) in [6.45, 7) is 1.67. The van der Waals surface area contributed by atoms with Gasteiger partial charge < -0.3 is 38.2 Å². The lowest BCUT2D eigenvalue weighted by molar-refractivity contribution is -0.920. The minimum atomic E-state index is -0.224. The van der Waals surface area contributed by atoms with Gasteiger partial charge in [-0.2, -0.15) is 0 Å². The smallest absolute Gasteiger partial charge is 0.340 e. The fraction of sp³-hybridized carbons (Fsp3) is 0.471. The zero-order valence-corrected chi connectivity index (χ0v) is 15.3. The van der Waals surface area contributed by atoms with E-state index < -0.39 is 0 Å². The molecule has 4 nitrogen and oxygen atoms in total. The van der Waals surface area contributed by atoms with Gasteiger partial charge in [0.2, 0.25) is 0 Å². The predicted octanol–water partition coefficient (Wildman–Crippen LogP) is -0.0424. The first-order chi connectivity index (χ1) is 10.1. The lowest BCUT2D eigenvalue weighted by Gasteiger charge is -2.41. The highest BCUT2D eigenvalue weighted by Gasteiger charge is 2.32. The number of nitrogens with zero attached hydrogens (tertiary/aromatic N) is 1. The third kappa shape index (κ3) is 3.46. The molecule has 1 saturated heterocycles. The van der Waals surface area contributed by atoms with Gasteiger partial charge in [0, 0.05) is 23.5 Å². The number of hydrogen-bond acceptors (Lipinski definition) is 2. The van der Waals surface area contributed by atoms with Crippen molar-refractivity contribution in [2.75, 3.05) is 27.2 Å². The molecule has 2 heterocycles. The molecule has 3 rings (SSSR count). The number of para-hydroxylation sites is 1. The van der Waals surface area contributed by atoms with E-state index in [-0.39, 0.29) is 29.9 Å². The summed E-state index contributed by atoms with van der Waals surface area (Å²) in [7, 11) is 4.45. The fourth-order valence-corrected chi connectivity index (χ4v) is 3.21. The van der Waals surface area contributed by atoms with Gasteiger partial charge in [-0.25, -0.2) is 4.79 Å². The molecule has 2 aromatic rings. The van der Waals surface area contributed by atoms with Crippen LogP contribution in [0.1, 0.15) is 29.6 Å². The van der Waals surface area contributed by atoms with Crippen molar-refractivity contribution in [3.63, 3.8) is 0 Å². The van der Waals surface area contributed by atoms with Crippen LogP contribution in [0.3, 0.4) is 0 Å². The molecule has 1 aliphatic rings. The molecule has 5 heteroatoms. The number of aromatic amines is 1. The Hall–Kier alpha value is -1.08. The van der Waals surface area contributed by atoms with E-state index in [1.54, 1.807) is 6.20 Å². The number of carbonyl (C=O) groups excluding carboxylic acids is 1. The molecule has 0 aliphatic carbocycles. The minimum Gasteiger partial charge on any atom is -1.00 e. The molecule has 0 amide bonds. The number of likely N-dealkylation sites (N-methyl/N-ethyl adjacent to an activating group) is 1. The fourth-order valence-electron chi connectivity index (χ4n) is 3.21. The maximum atomic E-state index is 12.3. The van der Waals surface area contributed by atoms with Gasteiger partial charge in [-0.3, -0.25) is 0 Å². The zero-order chi connectivity index (χ0) is 14.9. The van der Waals surface area contributed by atoms with Crippen molar-refractivity contribution >= 4 is 16.9 Å². The Labute approximate surface area is 148 Å². The van der Waals surface area contributed by atoms with Crippen LogP contribution in [0.5, 0.6) is 0 Å². The molecular weight excluding hydrogens is 391 g/mol. The first kappa shape index (κ1) is 17.3. The topological polar surface area (TPSA) is 42.1 Å². The van der Waals surface area contributed by atoms with Crippen molar-refractivity contribution in [3.05, 3.63) is 36.0 Å². The summed E-state index contributed by atoms with van der Waals surface area (Å²) in [5, 5.41) is 0.930. The summed E-state index contributed by atoms with van der Waals surface area (Å²) in [5.74, 6) is -0.224. The molecule has 1 aromatic carbocycles. The highest BCUT2D eigenvalue weighted by atomic mass is 127. The van der Waals surface area contributed by atoms with Crippen molar-refractivity contribution < 1.29 is 38.0 Å². The SMILES string of the molecule is C[N+]1(C)CCCCC1COC(=O)c1c[nH]c2ccccc12.[I-]. The number of rotatable bonds is 3. The maximum Gasteiger partial charge on any atom is 0.340 e. The summed E-state index contributed by atoms with van der Waals surface area (Å²) < 4.78 is 6.54. The van der Waals surface area contributed by atoms with Crippen molar-refractivity contribution in [3.8, 4) is 0 Å². The number of esters is 1. The van der Waals surface area contributed by atoms with Gasteiger partial charge in [-0.05, 0) is 18.9 Å². The third-order valence-corrected chi connectivity index (χ3v) is 4.73. The highest BCUT2D eigenvalue weighted by molar-refractivity contribution is 6.03. The molecule has 1 unspecified atom stereocenters. The van der Waals surface area contributed by atoms with E-state index in [1.165, 1.54) is 12.8 Å². The van der Waals surface area contributed by atoms with Gasteiger partial charge >= 0.3 is 5.97 Å². The second kappa shape index (κ2) is 7.00. The number of H-pyrrole nitrogens is 1. The summed E-state index contributed by atoms with van der Waals surface area (Å²) in [4.78, 5) is 15.4.